The summed E-state index contributed by atoms with van der Waals surface area (Å²) in [5.74, 6) is -0.864. The molecular weight excluding hydrogens is 344 g/mol. The molecule has 2 aromatic rings. The van der Waals surface area contributed by atoms with Crippen molar-refractivity contribution < 1.29 is 9.59 Å². The molecule has 0 bridgehead atoms. The molecule has 0 atom stereocenters. The summed E-state index contributed by atoms with van der Waals surface area (Å²) < 4.78 is 0.757. The van der Waals surface area contributed by atoms with Crippen molar-refractivity contribution in [3.63, 3.8) is 0 Å². The van der Waals surface area contributed by atoms with Crippen molar-refractivity contribution in [1.29, 1.82) is 0 Å². The molecule has 0 spiro atoms. The van der Waals surface area contributed by atoms with Crippen LogP contribution in [0.15, 0.2) is 28.2 Å². The summed E-state index contributed by atoms with van der Waals surface area (Å²) in [5, 5.41) is 2.77. The number of aromatic amines is 1. The maximum Gasteiger partial charge on any atom is 0.286 e. The predicted octanol–water partition coefficient (Wildman–Crippen LogP) is 2.02. The summed E-state index contributed by atoms with van der Waals surface area (Å²) in [6.45, 7) is 1.89. The van der Waals surface area contributed by atoms with Gasteiger partial charge in [0, 0.05) is 22.1 Å². The first-order valence-electron chi connectivity index (χ1n) is 5.59. The van der Waals surface area contributed by atoms with Gasteiger partial charge in [-0.15, -0.1) is 11.3 Å². The first-order chi connectivity index (χ1) is 9.54. The lowest BCUT2D eigenvalue weighted by Crippen LogP contribution is -2.40. The molecule has 2 amide bonds. The van der Waals surface area contributed by atoms with Crippen LogP contribution in [0.1, 0.15) is 21.2 Å². The van der Waals surface area contributed by atoms with Gasteiger partial charge < -0.3 is 4.98 Å². The average Bonchev–Trinajstić information content (AvgIpc) is 3.02. The second kappa shape index (κ2) is 6.49. The Morgan fingerprint density at radius 2 is 2.25 bits per heavy atom. The highest BCUT2D eigenvalue weighted by Gasteiger charge is 2.07. The zero-order valence-electron chi connectivity index (χ0n) is 10.4. The molecule has 2 aromatic heterocycles. The summed E-state index contributed by atoms with van der Waals surface area (Å²) in [7, 11) is 0. The van der Waals surface area contributed by atoms with E-state index in [1.165, 1.54) is 17.4 Å². The Hall–Kier alpha value is -1.93. The molecule has 0 aromatic carbocycles. The molecule has 20 heavy (non-hydrogen) atoms. The Morgan fingerprint density at radius 1 is 1.45 bits per heavy atom. The van der Waals surface area contributed by atoms with Gasteiger partial charge in [0.05, 0.1) is 10.7 Å². The number of thiazole rings is 1. The number of amides is 2. The fourth-order valence-electron chi connectivity index (χ4n) is 1.34. The number of carbonyl (C=O) groups excluding carboxylic acids is 2. The zero-order valence-corrected chi connectivity index (χ0v) is 12.8. The van der Waals surface area contributed by atoms with E-state index in [1.54, 1.807) is 18.3 Å². The second-order valence-corrected chi connectivity index (χ2v) is 5.78. The number of hydrogen-bond acceptors (Lipinski definition) is 4. The van der Waals surface area contributed by atoms with Gasteiger partial charge in [-0.25, -0.2) is 4.98 Å². The topological polar surface area (TPSA) is 86.9 Å². The first-order valence-corrected chi connectivity index (χ1v) is 7.26. The number of hydrogen-bond donors (Lipinski definition) is 3. The van der Waals surface area contributed by atoms with Crippen molar-refractivity contribution in [3.8, 4) is 0 Å². The van der Waals surface area contributed by atoms with Crippen LogP contribution < -0.4 is 10.9 Å². The van der Waals surface area contributed by atoms with Crippen molar-refractivity contribution in [2.24, 2.45) is 0 Å². The van der Waals surface area contributed by atoms with Crippen LogP contribution in [0.3, 0.4) is 0 Å². The monoisotopic (exact) mass is 354 g/mol. The number of rotatable bonds is 3. The number of aromatic nitrogens is 2. The number of H-pyrrole nitrogens is 1. The summed E-state index contributed by atoms with van der Waals surface area (Å²) in [5.41, 5.74) is 5.63. The minimum absolute atomic E-state index is 0.344. The van der Waals surface area contributed by atoms with E-state index in [4.69, 9.17) is 0 Å². The Labute approximate surface area is 127 Å². The van der Waals surface area contributed by atoms with Gasteiger partial charge in [-0.2, -0.15) is 0 Å². The predicted molar refractivity (Wildman–Crippen MR) is 80.0 cm³/mol. The van der Waals surface area contributed by atoms with Crippen molar-refractivity contribution >= 4 is 45.2 Å². The third kappa shape index (κ3) is 4.04. The standard InChI is InChI=1S/C12H11BrN4O2S/c1-7-15-9(6-20-7)2-3-11(18)16-17-12(19)10-4-8(13)5-14-10/h2-6,14H,1H3,(H,16,18)(H,17,19)/b3-2+. The minimum atomic E-state index is -0.436. The Balaban J connectivity index is 1.83. The van der Waals surface area contributed by atoms with Crippen molar-refractivity contribution in [2.45, 2.75) is 6.92 Å². The fraction of sp³-hybridized carbons (Fsp3) is 0.0833. The van der Waals surface area contributed by atoms with Crippen molar-refractivity contribution in [2.75, 3.05) is 0 Å². The van der Waals surface area contributed by atoms with Gasteiger partial charge in [0.15, 0.2) is 0 Å². The summed E-state index contributed by atoms with van der Waals surface area (Å²) >= 11 is 4.72. The van der Waals surface area contributed by atoms with E-state index < -0.39 is 11.8 Å². The molecule has 0 radical (unpaired) electrons. The van der Waals surface area contributed by atoms with Gasteiger partial charge >= 0.3 is 0 Å². The maximum atomic E-state index is 11.6. The number of carbonyl (C=O) groups is 2. The van der Waals surface area contributed by atoms with Crippen LogP contribution in [-0.2, 0) is 4.79 Å². The van der Waals surface area contributed by atoms with E-state index in [0.29, 0.717) is 11.4 Å². The smallest absolute Gasteiger partial charge is 0.286 e. The third-order valence-corrected chi connectivity index (χ3v) is 3.48. The lowest BCUT2D eigenvalue weighted by Gasteiger charge is -2.02. The molecule has 2 heterocycles. The molecule has 104 valence electrons. The van der Waals surface area contributed by atoms with E-state index in [1.807, 2.05) is 12.3 Å². The molecule has 0 saturated heterocycles. The van der Waals surface area contributed by atoms with Crippen molar-refractivity contribution in [3.05, 3.63) is 44.6 Å². The Kier molecular flexibility index (Phi) is 4.70. The lowest BCUT2D eigenvalue weighted by atomic mass is 10.4. The van der Waals surface area contributed by atoms with Crippen LogP contribution in [0.2, 0.25) is 0 Å². The molecule has 6 nitrogen and oxygen atoms in total. The second-order valence-electron chi connectivity index (χ2n) is 3.80. The summed E-state index contributed by atoms with van der Waals surface area (Å²) in [6, 6.07) is 1.61. The minimum Gasteiger partial charge on any atom is -0.356 e. The summed E-state index contributed by atoms with van der Waals surface area (Å²) in [4.78, 5) is 30.1. The molecule has 8 heteroatoms. The number of nitrogens with one attached hydrogen (secondary N) is 3. The SMILES string of the molecule is Cc1nc(/C=C/C(=O)NNC(=O)c2cc(Br)c[nH]2)cs1. The fourth-order valence-corrected chi connectivity index (χ4v) is 2.27. The van der Waals surface area contributed by atoms with Crippen LogP contribution in [0, 0.1) is 6.92 Å². The largest absolute Gasteiger partial charge is 0.356 e. The Morgan fingerprint density at radius 3 is 2.85 bits per heavy atom. The van der Waals surface area contributed by atoms with E-state index in [9.17, 15) is 9.59 Å². The molecular formula is C12H11BrN4O2S. The van der Waals surface area contributed by atoms with Crippen LogP contribution >= 0.6 is 27.3 Å². The van der Waals surface area contributed by atoms with Gasteiger partial charge in [-0.1, -0.05) is 0 Å². The number of hydrazine groups is 1. The van der Waals surface area contributed by atoms with E-state index in [0.717, 1.165) is 9.48 Å². The maximum absolute atomic E-state index is 11.6. The molecule has 3 N–H and O–H groups in total. The Bertz CT molecular complexity index is 662. The van der Waals surface area contributed by atoms with E-state index >= 15 is 0 Å². The molecule has 0 aliphatic rings. The lowest BCUT2D eigenvalue weighted by molar-refractivity contribution is -0.117. The van der Waals surface area contributed by atoms with Crippen LogP contribution in [0.5, 0.6) is 0 Å². The normalized spacial score (nSPS) is 10.7. The highest BCUT2D eigenvalue weighted by Crippen LogP contribution is 2.10. The van der Waals surface area contributed by atoms with Crippen molar-refractivity contribution in [1.82, 2.24) is 20.8 Å². The van der Waals surface area contributed by atoms with Gasteiger partial charge in [-0.05, 0) is 35.0 Å². The van der Waals surface area contributed by atoms with Gasteiger partial charge in [0.2, 0.25) is 0 Å². The zero-order chi connectivity index (χ0) is 14.5. The van der Waals surface area contributed by atoms with E-state index in [2.05, 4.69) is 36.7 Å². The molecule has 0 fully saturated rings. The number of halogens is 1. The quantitative estimate of drug-likeness (QED) is 0.582. The molecule has 0 aliphatic carbocycles. The molecule has 0 saturated carbocycles. The van der Waals surface area contributed by atoms with Crippen LogP contribution in [0.4, 0.5) is 0 Å². The molecule has 0 aliphatic heterocycles. The number of aryl methyl sites for hydroxylation is 1. The summed E-state index contributed by atoms with van der Waals surface area (Å²) in [6.07, 6.45) is 4.51. The highest BCUT2D eigenvalue weighted by molar-refractivity contribution is 9.10. The number of nitrogens with zero attached hydrogens (tertiary/aromatic N) is 1. The van der Waals surface area contributed by atoms with Crippen LogP contribution in [0.25, 0.3) is 6.08 Å². The average molecular weight is 355 g/mol. The highest BCUT2D eigenvalue weighted by atomic mass is 79.9. The molecule has 0 unspecified atom stereocenters. The molecule has 2 rings (SSSR count). The van der Waals surface area contributed by atoms with E-state index in [-0.39, 0.29) is 0 Å². The van der Waals surface area contributed by atoms with Gasteiger partial charge in [-0.3, -0.25) is 20.4 Å². The van der Waals surface area contributed by atoms with Gasteiger partial charge in [0.1, 0.15) is 5.69 Å². The first kappa shape index (κ1) is 14.5. The third-order valence-electron chi connectivity index (χ3n) is 2.23. The van der Waals surface area contributed by atoms with Crippen LogP contribution in [-0.4, -0.2) is 21.8 Å². The van der Waals surface area contributed by atoms with Gasteiger partial charge in [0.25, 0.3) is 11.8 Å².